The molecule has 1 aliphatic heterocycles. The van der Waals surface area contributed by atoms with Gasteiger partial charge in [0.25, 0.3) is 0 Å². The Kier molecular flexibility index (Phi) is 6.77. The Labute approximate surface area is 197 Å². The number of halogens is 3. The van der Waals surface area contributed by atoms with Gasteiger partial charge in [0.05, 0.1) is 21.1 Å². The highest BCUT2D eigenvalue weighted by molar-refractivity contribution is 6.42. The van der Waals surface area contributed by atoms with Crippen molar-refractivity contribution >= 4 is 51.7 Å². The molecular weight excluding hydrogens is 455 g/mol. The smallest absolute Gasteiger partial charge is 0.245 e. The van der Waals surface area contributed by atoms with E-state index in [1.54, 1.807) is 12.1 Å². The van der Waals surface area contributed by atoms with E-state index < -0.39 is 6.04 Å². The molecule has 8 heteroatoms. The van der Waals surface area contributed by atoms with Gasteiger partial charge < -0.3 is 14.4 Å². The molecule has 31 heavy (non-hydrogen) atoms. The molecule has 0 radical (unpaired) electrons. The highest BCUT2D eigenvalue weighted by Crippen LogP contribution is 2.32. The molecule has 2 heterocycles. The number of carbonyl (C=O) groups is 1. The molecule has 1 saturated heterocycles. The van der Waals surface area contributed by atoms with Gasteiger partial charge in [0, 0.05) is 37.6 Å². The van der Waals surface area contributed by atoms with Gasteiger partial charge in [-0.2, -0.15) is 0 Å². The average molecular weight is 480 g/mol. The molecule has 4 rings (SSSR count). The second-order valence-electron chi connectivity index (χ2n) is 7.86. The molecule has 1 atom stereocenters. The summed E-state index contributed by atoms with van der Waals surface area (Å²) in [7, 11) is 0. The molecule has 0 unspecified atom stereocenters. The van der Waals surface area contributed by atoms with E-state index in [1.807, 2.05) is 40.7 Å². The lowest BCUT2D eigenvalue weighted by molar-refractivity contribution is -0.136. The van der Waals surface area contributed by atoms with E-state index in [0.29, 0.717) is 27.0 Å². The Hall–Kier alpha value is -1.79. The van der Waals surface area contributed by atoms with Gasteiger partial charge in [0.15, 0.2) is 0 Å². The third-order valence-electron chi connectivity index (χ3n) is 5.99. The third-order valence-corrected chi connectivity index (χ3v) is 7.08. The lowest BCUT2D eigenvalue weighted by atomic mass is 10.1. The Morgan fingerprint density at radius 2 is 1.71 bits per heavy atom. The van der Waals surface area contributed by atoms with Gasteiger partial charge in [0.2, 0.25) is 5.91 Å². The number of rotatable bonds is 5. The van der Waals surface area contributed by atoms with Crippen LogP contribution in [-0.2, 0) is 11.2 Å². The van der Waals surface area contributed by atoms with Crippen LogP contribution in [0.25, 0.3) is 11.0 Å². The van der Waals surface area contributed by atoms with Crippen LogP contribution in [0.1, 0.15) is 31.3 Å². The van der Waals surface area contributed by atoms with Gasteiger partial charge in [0.1, 0.15) is 11.9 Å². The van der Waals surface area contributed by atoms with Crippen molar-refractivity contribution in [2.45, 2.75) is 26.3 Å². The summed E-state index contributed by atoms with van der Waals surface area (Å²) in [5, 5.41) is 1.56. The molecule has 0 N–H and O–H groups in total. The second kappa shape index (κ2) is 9.37. The molecule has 0 spiro atoms. The van der Waals surface area contributed by atoms with Crippen molar-refractivity contribution in [1.29, 1.82) is 0 Å². The quantitative estimate of drug-likeness (QED) is 0.498. The zero-order valence-corrected chi connectivity index (χ0v) is 19.9. The topological polar surface area (TPSA) is 41.4 Å². The van der Waals surface area contributed by atoms with Crippen molar-refractivity contribution in [3.63, 3.8) is 0 Å². The first-order valence-electron chi connectivity index (χ1n) is 10.5. The number of piperazine rings is 1. The SMILES string of the molecule is CCN1CCN(C(=O)[C@H](C)n2c(Cc3ccccc3Cl)nc3cc(Cl)c(Cl)cc32)CC1. The maximum atomic E-state index is 13.4. The lowest BCUT2D eigenvalue weighted by Gasteiger charge is -2.35. The fourth-order valence-corrected chi connectivity index (χ4v) is 4.69. The highest BCUT2D eigenvalue weighted by Gasteiger charge is 2.28. The number of nitrogens with zero attached hydrogens (tertiary/aromatic N) is 4. The standard InChI is InChI=1S/C23H25Cl3N4O/c1-3-28-8-10-29(11-9-28)23(31)15(2)30-21-14-19(26)18(25)13-20(21)27-22(30)12-16-6-4-5-7-17(16)24/h4-7,13-15H,3,8-12H2,1-2H3/t15-/m0/s1. The number of imidazole rings is 1. The Morgan fingerprint density at radius 3 is 2.39 bits per heavy atom. The summed E-state index contributed by atoms with van der Waals surface area (Å²) in [6.45, 7) is 8.33. The molecule has 1 fully saturated rings. The maximum Gasteiger partial charge on any atom is 0.245 e. The monoisotopic (exact) mass is 478 g/mol. The van der Waals surface area contributed by atoms with Crippen LogP contribution in [0.2, 0.25) is 15.1 Å². The summed E-state index contributed by atoms with van der Waals surface area (Å²) < 4.78 is 1.98. The minimum absolute atomic E-state index is 0.0848. The number of benzene rings is 2. The van der Waals surface area contributed by atoms with E-state index in [-0.39, 0.29) is 5.91 Å². The Bertz CT molecular complexity index is 1110. The molecule has 3 aromatic rings. The normalized spacial score (nSPS) is 16.1. The van der Waals surface area contributed by atoms with Gasteiger partial charge in [-0.05, 0) is 37.2 Å². The van der Waals surface area contributed by atoms with Crippen LogP contribution in [0.15, 0.2) is 36.4 Å². The number of fused-ring (bicyclic) bond motifs is 1. The third kappa shape index (κ3) is 4.56. The van der Waals surface area contributed by atoms with Crippen LogP contribution in [-0.4, -0.2) is 58.0 Å². The van der Waals surface area contributed by atoms with Crippen molar-refractivity contribution in [3.05, 3.63) is 62.9 Å². The van der Waals surface area contributed by atoms with Crippen LogP contribution in [0, 0.1) is 0 Å². The molecule has 5 nitrogen and oxygen atoms in total. The highest BCUT2D eigenvalue weighted by atomic mass is 35.5. The summed E-state index contributed by atoms with van der Waals surface area (Å²) in [5.74, 6) is 0.844. The fourth-order valence-electron chi connectivity index (χ4n) is 4.17. The molecule has 0 bridgehead atoms. The minimum Gasteiger partial charge on any atom is -0.338 e. The zero-order valence-electron chi connectivity index (χ0n) is 17.6. The van der Waals surface area contributed by atoms with Crippen molar-refractivity contribution in [3.8, 4) is 0 Å². The van der Waals surface area contributed by atoms with Gasteiger partial charge >= 0.3 is 0 Å². The van der Waals surface area contributed by atoms with Crippen LogP contribution >= 0.6 is 34.8 Å². The number of carbonyl (C=O) groups excluding carboxylic acids is 1. The van der Waals surface area contributed by atoms with E-state index in [0.717, 1.165) is 49.6 Å². The van der Waals surface area contributed by atoms with E-state index in [1.165, 1.54) is 0 Å². The molecule has 0 aliphatic carbocycles. The average Bonchev–Trinajstić information content (AvgIpc) is 3.11. The maximum absolute atomic E-state index is 13.4. The number of aromatic nitrogens is 2. The molecule has 2 aromatic carbocycles. The first-order valence-corrected chi connectivity index (χ1v) is 11.6. The summed E-state index contributed by atoms with van der Waals surface area (Å²) in [6, 6.07) is 10.8. The van der Waals surface area contributed by atoms with Gasteiger partial charge in [-0.3, -0.25) is 4.79 Å². The van der Waals surface area contributed by atoms with Gasteiger partial charge in [-0.1, -0.05) is 59.9 Å². The van der Waals surface area contributed by atoms with E-state index in [9.17, 15) is 4.79 Å². The van der Waals surface area contributed by atoms with Crippen molar-refractivity contribution in [2.75, 3.05) is 32.7 Å². The minimum atomic E-state index is -0.423. The van der Waals surface area contributed by atoms with Crippen molar-refractivity contribution in [2.24, 2.45) is 0 Å². The van der Waals surface area contributed by atoms with Crippen LogP contribution < -0.4 is 0 Å². The molecule has 1 aromatic heterocycles. The molecule has 1 aliphatic rings. The van der Waals surface area contributed by atoms with Crippen molar-refractivity contribution < 1.29 is 4.79 Å². The number of likely N-dealkylation sites (N-methyl/N-ethyl adjacent to an activating group) is 1. The molecular formula is C23H25Cl3N4O. The summed E-state index contributed by atoms with van der Waals surface area (Å²) in [4.78, 5) is 22.5. The van der Waals surface area contributed by atoms with E-state index in [4.69, 9.17) is 39.8 Å². The number of hydrogen-bond donors (Lipinski definition) is 0. The zero-order chi connectivity index (χ0) is 22.1. The summed E-state index contributed by atoms with van der Waals surface area (Å²) in [6.07, 6.45) is 0.505. The van der Waals surface area contributed by atoms with Crippen LogP contribution in [0.3, 0.4) is 0 Å². The van der Waals surface area contributed by atoms with Crippen LogP contribution in [0.5, 0.6) is 0 Å². The fraction of sp³-hybridized carbons (Fsp3) is 0.391. The van der Waals surface area contributed by atoms with Crippen LogP contribution in [0.4, 0.5) is 0 Å². The predicted octanol–water partition coefficient (Wildman–Crippen LogP) is 5.31. The van der Waals surface area contributed by atoms with Gasteiger partial charge in [-0.25, -0.2) is 4.98 Å². The Balaban J connectivity index is 1.73. The lowest BCUT2D eigenvalue weighted by Crippen LogP contribution is -2.50. The predicted molar refractivity (Wildman–Crippen MR) is 127 cm³/mol. The first-order chi connectivity index (χ1) is 14.9. The molecule has 164 valence electrons. The Morgan fingerprint density at radius 1 is 1.03 bits per heavy atom. The van der Waals surface area contributed by atoms with E-state index >= 15 is 0 Å². The van der Waals surface area contributed by atoms with E-state index in [2.05, 4.69) is 11.8 Å². The molecule has 0 saturated carbocycles. The number of hydrogen-bond acceptors (Lipinski definition) is 3. The summed E-state index contributed by atoms with van der Waals surface area (Å²) in [5.41, 5.74) is 2.46. The second-order valence-corrected chi connectivity index (χ2v) is 9.08. The largest absolute Gasteiger partial charge is 0.338 e. The first kappa shape index (κ1) is 22.4. The number of amides is 1. The van der Waals surface area contributed by atoms with Gasteiger partial charge in [-0.15, -0.1) is 0 Å². The molecule has 1 amide bonds. The summed E-state index contributed by atoms with van der Waals surface area (Å²) >= 11 is 19.0. The van der Waals surface area contributed by atoms with Crippen molar-refractivity contribution in [1.82, 2.24) is 19.4 Å².